The van der Waals surface area contributed by atoms with E-state index in [0.717, 1.165) is 25.1 Å². The van der Waals surface area contributed by atoms with Gasteiger partial charge in [-0.25, -0.2) is 9.18 Å². The highest BCUT2D eigenvalue weighted by molar-refractivity contribution is 5.87. The molecule has 0 spiro atoms. The molecule has 1 aliphatic heterocycles. The highest BCUT2D eigenvalue weighted by Crippen LogP contribution is 2.18. The summed E-state index contributed by atoms with van der Waals surface area (Å²) in [7, 11) is 4.16. The SMILES string of the molecule is CN(C)C1CCCN(Cc2ccc(C(=O)O)c(F)c2)C1. The number of carboxylic acids is 1. The van der Waals surface area contributed by atoms with E-state index in [0.29, 0.717) is 12.6 Å². The number of carbonyl (C=O) groups is 1. The molecular formula is C15H21FN2O2. The van der Waals surface area contributed by atoms with Crippen LogP contribution in [0.5, 0.6) is 0 Å². The Morgan fingerprint density at radius 1 is 1.50 bits per heavy atom. The van der Waals surface area contributed by atoms with E-state index in [2.05, 4.69) is 23.9 Å². The van der Waals surface area contributed by atoms with Crippen LogP contribution in [0, 0.1) is 5.82 Å². The first-order valence-electron chi connectivity index (χ1n) is 6.88. The number of aromatic carboxylic acids is 1. The summed E-state index contributed by atoms with van der Waals surface area (Å²) < 4.78 is 13.7. The zero-order valence-electron chi connectivity index (χ0n) is 12.0. The number of halogens is 1. The normalized spacial score (nSPS) is 20.3. The van der Waals surface area contributed by atoms with Crippen molar-refractivity contribution in [2.75, 3.05) is 27.2 Å². The van der Waals surface area contributed by atoms with E-state index in [1.165, 1.54) is 18.6 Å². The van der Waals surface area contributed by atoms with Crippen molar-refractivity contribution in [3.8, 4) is 0 Å². The van der Waals surface area contributed by atoms with Crippen LogP contribution in [-0.2, 0) is 6.54 Å². The van der Waals surface area contributed by atoms with E-state index in [9.17, 15) is 9.18 Å². The second-order valence-electron chi connectivity index (χ2n) is 5.61. The van der Waals surface area contributed by atoms with Crippen LogP contribution < -0.4 is 0 Å². The molecule has 5 heteroatoms. The molecule has 0 bridgehead atoms. The number of nitrogens with zero attached hydrogens (tertiary/aromatic N) is 2. The Balaban J connectivity index is 2.03. The Kier molecular flexibility index (Phi) is 4.73. The van der Waals surface area contributed by atoms with E-state index < -0.39 is 11.8 Å². The Morgan fingerprint density at radius 2 is 2.25 bits per heavy atom. The summed E-state index contributed by atoms with van der Waals surface area (Å²) in [6.07, 6.45) is 2.33. The zero-order chi connectivity index (χ0) is 14.7. The summed E-state index contributed by atoms with van der Waals surface area (Å²) in [5.74, 6) is -1.88. The van der Waals surface area contributed by atoms with Crippen molar-refractivity contribution in [3.63, 3.8) is 0 Å². The van der Waals surface area contributed by atoms with Gasteiger partial charge in [-0.3, -0.25) is 4.90 Å². The molecule has 0 radical (unpaired) electrons. The Morgan fingerprint density at radius 3 is 2.85 bits per heavy atom. The summed E-state index contributed by atoms with van der Waals surface area (Å²) >= 11 is 0. The van der Waals surface area contributed by atoms with Gasteiger partial charge < -0.3 is 10.0 Å². The summed E-state index contributed by atoms with van der Waals surface area (Å²) in [5.41, 5.74) is 0.561. The first-order chi connectivity index (χ1) is 9.47. The van der Waals surface area contributed by atoms with Crippen molar-refractivity contribution in [2.24, 2.45) is 0 Å². The van der Waals surface area contributed by atoms with Crippen LogP contribution in [0.1, 0.15) is 28.8 Å². The second kappa shape index (κ2) is 6.33. The monoisotopic (exact) mass is 280 g/mol. The van der Waals surface area contributed by atoms with E-state index >= 15 is 0 Å². The van der Waals surface area contributed by atoms with Gasteiger partial charge in [0.25, 0.3) is 0 Å². The van der Waals surface area contributed by atoms with Gasteiger partial charge in [-0.15, -0.1) is 0 Å². The first-order valence-corrected chi connectivity index (χ1v) is 6.88. The van der Waals surface area contributed by atoms with Crippen molar-refractivity contribution in [2.45, 2.75) is 25.4 Å². The second-order valence-corrected chi connectivity index (χ2v) is 5.61. The topological polar surface area (TPSA) is 43.8 Å². The number of rotatable bonds is 4. The quantitative estimate of drug-likeness (QED) is 0.916. The maximum Gasteiger partial charge on any atom is 0.338 e. The number of piperidine rings is 1. The maximum absolute atomic E-state index is 13.7. The average molecular weight is 280 g/mol. The minimum Gasteiger partial charge on any atom is -0.478 e. The smallest absolute Gasteiger partial charge is 0.338 e. The van der Waals surface area contributed by atoms with Crippen LogP contribution in [0.2, 0.25) is 0 Å². The Hall–Kier alpha value is -1.46. The third kappa shape index (κ3) is 3.55. The molecule has 1 saturated heterocycles. The number of likely N-dealkylation sites (N-methyl/N-ethyl adjacent to an activating group) is 1. The molecule has 1 atom stereocenters. The molecule has 1 N–H and O–H groups in total. The molecule has 1 heterocycles. The molecule has 1 fully saturated rings. The van der Waals surface area contributed by atoms with E-state index in [1.807, 2.05) is 0 Å². The molecule has 110 valence electrons. The molecule has 20 heavy (non-hydrogen) atoms. The van der Waals surface area contributed by atoms with Gasteiger partial charge in [-0.1, -0.05) is 6.07 Å². The Labute approximate surface area is 118 Å². The molecule has 0 saturated carbocycles. The van der Waals surface area contributed by atoms with Gasteiger partial charge in [0.1, 0.15) is 5.82 Å². The molecule has 4 nitrogen and oxygen atoms in total. The van der Waals surface area contributed by atoms with E-state index in [-0.39, 0.29) is 5.56 Å². The zero-order valence-corrected chi connectivity index (χ0v) is 12.0. The summed E-state index contributed by atoms with van der Waals surface area (Å²) in [5, 5.41) is 8.82. The Bertz CT molecular complexity index is 491. The maximum atomic E-state index is 13.7. The average Bonchev–Trinajstić information content (AvgIpc) is 2.38. The number of benzene rings is 1. The number of hydrogen-bond acceptors (Lipinski definition) is 3. The van der Waals surface area contributed by atoms with E-state index in [1.54, 1.807) is 6.07 Å². The fourth-order valence-electron chi connectivity index (χ4n) is 2.68. The van der Waals surface area contributed by atoms with Crippen LogP contribution in [0.15, 0.2) is 18.2 Å². The molecule has 1 aromatic carbocycles. The fraction of sp³-hybridized carbons (Fsp3) is 0.533. The number of hydrogen-bond donors (Lipinski definition) is 1. The summed E-state index contributed by atoms with van der Waals surface area (Å²) in [6, 6.07) is 4.92. The van der Waals surface area contributed by atoms with Crippen molar-refractivity contribution < 1.29 is 14.3 Å². The molecule has 1 aromatic rings. The third-order valence-corrected chi connectivity index (χ3v) is 3.88. The predicted octanol–water partition coefficient (Wildman–Crippen LogP) is 2.05. The van der Waals surface area contributed by atoms with Gasteiger partial charge in [0.05, 0.1) is 5.56 Å². The largest absolute Gasteiger partial charge is 0.478 e. The van der Waals surface area contributed by atoms with Gasteiger partial charge in [0, 0.05) is 19.1 Å². The molecule has 0 amide bonds. The molecule has 2 rings (SSSR count). The third-order valence-electron chi connectivity index (χ3n) is 3.88. The van der Waals surface area contributed by atoms with Gasteiger partial charge in [0.15, 0.2) is 0 Å². The van der Waals surface area contributed by atoms with Crippen LogP contribution in [0.3, 0.4) is 0 Å². The van der Waals surface area contributed by atoms with Gasteiger partial charge in [-0.05, 0) is 51.2 Å². The minimum atomic E-state index is -1.22. The van der Waals surface area contributed by atoms with Crippen molar-refractivity contribution in [1.29, 1.82) is 0 Å². The summed E-state index contributed by atoms with van der Waals surface area (Å²) in [4.78, 5) is 15.3. The fourth-order valence-corrected chi connectivity index (χ4v) is 2.68. The molecule has 0 aromatic heterocycles. The van der Waals surface area contributed by atoms with Crippen molar-refractivity contribution in [1.82, 2.24) is 9.80 Å². The lowest BCUT2D eigenvalue weighted by molar-refractivity contribution is 0.0692. The van der Waals surface area contributed by atoms with Crippen molar-refractivity contribution >= 4 is 5.97 Å². The molecular weight excluding hydrogens is 259 g/mol. The van der Waals surface area contributed by atoms with Crippen molar-refractivity contribution in [3.05, 3.63) is 35.1 Å². The highest BCUT2D eigenvalue weighted by atomic mass is 19.1. The predicted molar refractivity (Wildman–Crippen MR) is 75.3 cm³/mol. The minimum absolute atomic E-state index is 0.265. The standard InChI is InChI=1S/C15H21FN2O2/c1-17(2)12-4-3-7-18(10-12)9-11-5-6-13(15(19)20)14(16)8-11/h5-6,8,12H,3-4,7,9-10H2,1-2H3,(H,19,20). The first kappa shape index (κ1) is 14.9. The molecule has 1 aliphatic rings. The molecule has 0 aliphatic carbocycles. The number of likely N-dealkylation sites (tertiary alicyclic amines) is 1. The van der Waals surface area contributed by atoms with Gasteiger partial charge in [-0.2, -0.15) is 0 Å². The van der Waals surface area contributed by atoms with Crippen LogP contribution >= 0.6 is 0 Å². The van der Waals surface area contributed by atoms with Crippen LogP contribution in [-0.4, -0.2) is 54.1 Å². The molecule has 1 unspecified atom stereocenters. The lowest BCUT2D eigenvalue weighted by Crippen LogP contribution is -2.44. The number of carboxylic acid groups (broad SMARTS) is 1. The summed E-state index contributed by atoms with van der Waals surface area (Å²) in [6.45, 7) is 2.64. The van der Waals surface area contributed by atoms with Gasteiger partial charge >= 0.3 is 5.97 Å². The lowest BCUT2D eigenvalue weighted by atomic mass is 10.0. The van der Waals surface area contributed by atoms with Gasteiger partial charge in [0.2, 0.25) is 0 Å². The van der Waals surface area contributed by atoms with Crippen LogP contribution in [0.25, 0.3) is 0 Å². The van der Waals surface area contributed by atoms with E-state index in [4.69, 9.17) is 5.11 Å². The lowest BCUT2D eigenvalue weighted by Gasteiger charge is -2.36. The highest BCUT2D eigenvalue weighted by Gasteiger charge is 2.21. The van der Waals surface area contributed by atoms with Crippen LogP contribution in [0.4, 0.5) is 4.39 Å².